The van der Waals surface area contributed by atoms with Crippen molar-refractivity contribution in [1.82, 2.24) is 39.9 Å². The van der Waals surface area contributed by atoms with E-state index in [1.54, 1.807) is 67.8 Å². The Kier molecular flexibility index (Phi) is 41.6. The van der Waals surface area contributed by atoms with E-state index in [0.717, 1.165) is 101 Å². The smallest absolute Gasteiger partial charge is 0.517 e. The second-order valence-electron chi connectivity index (χ2n) is 27.3. The predicted octanol–water partition coefficient (Wildman–Crippen LogP) is 24.8. The Morgan fingerprint density at radius 3 is 0.589 bits per heavy atom. The summed E-state index contributed by atoms with van der Waals surface area (Å²) in [6.45, 7) is 35.6. The van der Waals surface area contributed by atoms with Crippen LogP contribution in [0.5, 0.6) is 0 Å². The zero-order valence-electron chi connectivity index (χ0n) is 64.2. The fourth-order valence-electron chi connectivity index (χ4n) is 9.77. The van der Waals surface area contributed by atoms with Gasteiger partial charge in [0.2, 0.25) is 0 Å². The van der Waals surface area contributed by atoms with Gasteiger partial charge in [-0.2, -0.15) is 47.5 Å². The van der Waals surface area contributed by atoms with Crippen molar-refractivity contribution in [3.05, 3.63) is 425 Å². The summed E-state index contributed by atoms with van der Waals surface area (Å²) >= 11 is 0. The molecule has 0 spiro atoms. The van der Waals surface area contributed by atoms with Crippen molar-refractivity contribution in [3.63, 3.8) is 0 Å². The van der Waals surface area contributed by atoms with Gasteiger partial charge in [-0.05, 0) is 59.4 Å². The average molecular weight is 1640 g/mol. The SMILES string of the molecule is [CH-]=CC(C)(C)C.[CH-]=Cc1cc(C(C)(C)C)cc(C(C)(C)C)c1.[CH-]=Cc1ccccc1.[Ni+2].[Ni+2].[Ni+2].[Ni+2].[c-]1c(-c2ccccn2)cccc1-c1ccccn1.[c-]1c(-c2ccccn2)cccc1-c1ccccn1.[c-]1c(-c2ccccn2)cccc1-c1ccccn1.[c-]1c(-c2ccccn2)cccc1-c1ccccn1.[c-]1ccccc1. The summed E-state index contributed by atoms with van der Waals surface area (Å²) in [5.41, 5.74) is 20.7. The van der Waals surface area contributed by atoms with E-state index in [0.29, 0.717) is 0 Å². The summed E-state index contributed by atoms with van der Waals surface area (Å²) in [4.78, 5) is 34.7. The molecule has 0 amide bonds. The molecule has 15 rings (SSSR count). The Morgan fingerprint density at radius 1 is 0.241 bits per heavy atom. The predicted molar refractivity (Wildman–Crippen MR) is 448 cm³/mol. The maximum atomic E-state index is 5.65. The Hall–Kier alpha value is -11.1. The average Bonchev–Trinajstić information content (AvgIpc) is 0.791. The van der Waals surface area contributed by atoms with Crippen LogP contribution in [-0.4, -0.2) is 39.9 Å². The van der Waals surface area contributed by atoms with Gasteiger partial charge < -0.3 is 6.58 Å². The van der Waals surface area contributed by atoms with E-state index < -0.39 is 0 Å². The summed E-state index contributed by atoms with van der Waals surface area (Å²) in [5.74, 6) is 0. The molecule has 0 N–H and O–H groups in total. The fourth-order valence-corrected chi connectivity index (χ4v) is 9.77. The molecule has 112 heavy (non-hydrogen) atoms. The van der Waals surface area contributed by atoms with Crippen molar-refractivity contribution < 1.29 is 66.0 Å². The van der Waals surface area contributed by atoms with Crippen LogP contribution in [0.3, 0.4) is 0 Å². The van der Waals surface area contributed by atoms with Crippen molar-refractivity contribution >= 4 is 12.2 Å². The molecule has 0 aliphatic rings. The molecule has 0 aliphatic heterocycles. The molecule has 0 aliphatic carbocycles. The number of rotatable bonds is 10. The third-order valence-electron chi connectivity index (χ3n) is 15.7. The first-order chi connectivity index (χ1) is 52.4. The molecule has 7 aromatic carbocycles. The van der Waals surface area contributed by atoms with Gasteiger partial charge in [0.1, 0.15) is 0 Å². The zero-order chi connectivity index (χ0) is 76.7. The van der Waals surface area contributed by atoms with E-state index in [1.807, 2.05) is 279 Å². The molecule has 570 valence electrons. The van der Waals surface area contributed by atoms with E-state index in [2.05, 4.69) is 151 Å². The largest absolute Gasteiger partial charge is 2.00 e. The molecule has 0 bridgehead atoms. The van der Waals surface area contributed by atoms with Gasteiger partial charge in [0.05, 0.1) is 0 Å². The van der Waals surface area contributed by atoms with Gasteiger partial charge in [0, 0.05) is 95.1 Å². The van der Waals surface area contributed by atoms with E-state index in [1.165, 1.54) is 11.1 Å². The van der Waals surface area contributed by atoms with Crippen LogP contribution in [0, 0.1) is 55.5 Å². The van der Waals surface area contributed by atoms with Crippen molar-refractivity contribution in [2.24, 2.45) is 5.41 Å². The van der Waals surface area contributed by atoms with Crippen LogP contribution in [0.15, 0.2) is 353 Å². The molecule has 0 saturated carbocycles. The maximum Gasteiger partial charge on any atom is 2.00 e. The maximum absolute atomic E-state index is 5.65. The van der Waals surface area contributed by atoms with Crippen LogP contribution in [-0.2, 0) is 76.8 Å². The zero-order valence-corrected chi connectivity index (χ0v) is 68.2. The molecule has 8 aromatic heterocycles. The molecule has 15 aromatic rings. The molecule has 12 heteroatoms. The van der Waals surface area contributed by atoms with Gasteiger partial charge in [-0.25, -0.2) is 12.2 Å². The summed E-state index contributed by atoms with van der Waals surface area (Å²) in [6.07, 6.45) is 19.3. The van der Waals surface area contributed by atoms with Gasteiger partial charge in [-0.1, -0.05) is 245 Å². The van der Waals surface area contributed by atoms with Gasteiger partial charge in [-0.15, -0.1) is 121 Å². The van der Waals surface area contributed by atoms with E-state index in [9.17, 15) is 0 Å². The second-order valence-corrected chi connectivity index (χ2v) is 27.3. The number of nitrogens with zero attached hydrogens (tertiary/aromatic N) is 8. The number of hydrogen-bond acceptors (Lipinski definition) is 8. The van der Waals surface area contributed by atoms with Gasteiger partial charge >= 0.3 is 66.0 Å². The van der Waals surface area contributed by atoms with E-state index >= 15 is 0 Å². The number of pyridine rings is 8. The normalized spacial score (nSPS) is 10.0. The van der Waals surface area contributed by atoms with Crippen LogP contribution < -0.4 is 0 Å². The molecule has 8 heterocycles. The minimum atomic E-state index is 0. The van der Waals surface area contributed by atoms with Crippen LogP contribution in [0.1, 0.15) is 84.6 Å². The number of hydrogen-bond donors (Lipinski definition) is 0. The quantitative estimate of drug-likeness (QED) is 0.0985. The minimum absolute atomic E-state index is 0. The minimum Gasteiger partial charge on any atom is -0.517 e. The molecule has 0 radical (unpaired) electrons. The Bertz CT molecular complexity index is 4300. The first kappa shape index (κ1) is 93.3. The van der Waals surface area contributed by atoms with Crippen molar-refractivity contribution in [3.8, 4) is 90.1 Å². The number of benzene rings is 7. The van der Waals surface area contributed by atoms with Crippen LogP contribution >= 0.6 is 0 Å². The van der Waals surface area contributed by atoms with E-state index in [4.69, 9.17) is 19.7 Å². The summed E-state index contributed by atoms with van der Waals surface area (Å²) in [5, 5.41) is 0. The Labute approximate surface area is 706 Å². The number of allylic oxidation sites excluding steroid dienone is 1. The van der Waals surface area contributed by atoms with Crippen LogP contribution in [0.4, 0.5) is 0 Å². The standard InChI is InChI=1S/4C16H11N2.C16H23.C8H7.C6H5.C6H11.4Ni/c4*1-3-10-17-15(8-1)13-6-5-7-14(12-13)16-9-2-4-11-18-16;1-8-12-9-13(15(2,3)4)11-14(10-12)16(5,6)7;1-2-8-6-4-3-5-7-8;1-2-4-6-5-3-1;1-5-6(2,3)4;;;;/h4*1-11H;1,8-11H,2-7H3;1-7H;1-5H;1,5H,2-4H3;;;;/q8*-1;4*+2. The molecule has 0 saturated heterocycles. The van der Waals surface area contributed by atoms with Gasteiger partial charge in [0.15, 0.2) is 0 Å². The van der Waals surface area contributed by atoms with Crippen molar-refractivity contribution in [1.29, 1.82) is 0 Å². The molecular formula is C100H90N8Ni4. The third kappa shape index (κ3) is 32.9. The van der Waals surface area contributed by atoms with Gasteiger partial charge in [-0.3, -0.25) is 59.1 Å². The van der Waals surface area contributed by atoms with Crippen molar-refractivity contribution in [2.75, 3.05) is 0 Å². The fraction of sp³-hybridized carbons (Fsp3) is 0.120. The second kappa shape index (κ2) is 50.0. The molecule has 0 unspecified atom stereocenters. The van der Waals surface area contributed by atoms with Crippen LogP contribution in [0.25, 0.3) is 102 Å². The summed E-state index contributed by atoms with van der Waals surface area (Å²) < 4.78 is 0. The first-order valence-corrected chi connectivity index (χ1v) is 35.6. The van der Waals surface area contributed by atoms with Crippen LogP contribution in [0.2, 0.25) is 0 Å². The van der Waals surface area contributed by atoms with Crippen molar-refractivity contribution in [2.45, 2.75) is 73.1 Å². The number of aromatic nitrogens is 8. The molecule has 0 atom stereocenters. The monoisotopic (exact) mass is 1630 g/mol. The molecular weight excluding hydrogens is 1550 g/mol. The first-order valence-electron chi connectivity index (χ1n) is 35.6. The summed E-state index contributed by atoms with van der Waals surface area (Å²) in [6, 6.07) is 113. The third-order valence-corrected chi connectivity index (χ3v) is 15.7. The topological polar surface area (TPSA) is 103 Å². The van der Waals surface area contributed by atoms with Gasteiger partial charge in [0.25, 0.3) is 0 Å². The molecule has 8 nitrogen and oxygen atoms in total. The molecule has 0 fully saturated rings. The Balaban J connectivity index is 0.000000276. The Morgan fingerprint density at radius 2 is 0.446 bits per heavy atom. The summed E-state index contributed by atoms with van der Waals surface area (Å²) in [7, 11) is 0. The van der Waals surface area contributed by atoms with E-state index in [-0.39, 0.29) is 82.2 Å².